The Morgan fingerprint density at radius 2 is 1.40 bits per heavy atom. The van der Waals surface area contributed by atoms with Gasteiger partial charge in [0.05, 0.1) is 12.2 Å². The summed E-state index contributed by atoms with van der Waals surface area (Å²) in [5.74, 6) is 0. The van der Waals surface area contributed by atoms with E-state index in [0.29, 0.717) is 12.2 Å². The van der Waals surface area contributed by atoms with E-state index < -0.39 is 0 Å². The number of fused-ring (bicyclic) bond motifs is 6. The van der Waals surface area contributed by atoms with Gasteiger partial charge in [-0.2, -0.15) is 22.7 Å². The average molecular weight is 234 g/mol. The summed E-state index contributed by atoms with van der Waals surface area (Å²) in [7, 11) is 0. The number of hydrogen-bond acceptors (Lipinski definition) is 3. The second-order valence-corrected chi connectivity index (χ2v) is 5.71. The molecule has 3 heteroatoms. The third kappa shape index (κ3) is 1.11. The molecule has 0 N–H and O–H groups in total. The molecule has 2 aromatic heterocycles. The molecule has 0 fully saturated rings. The van der Waals surface area contributed by atoms with Crippen molar-refractivity contribution in [2.75, 3.05) is 0 Å². The highest BCUT2D eigenvalue weighted by Gasteiger charge is 2.35. The zero-order valence-electron chi connectivity index (χ0n) is 8.10. The lowest BCUT2D eigenvalue weighted by molar-refractivity contribution is -0.0382. The van der Waals surface area contributed by atoms with Gasteiger partial charge in [0.15, 0.2) is 0 Å². The van der Waals surface area contributed by atoms with Gasteiger partial charge in [-0.3, -0.25) is 0 Å². The number of ether oxygens (including phenoxy) is 1. The normalized spacial score (nSPS) is 27.2. The second-order valence-electron chi connectivity index (χ2n) is 4.23. The molecule has 2 aromatic rings. The highest BCUT2D eigenvalue weighted by molar-refractivity contribution is 7.08. The van der Waals surface area contributed by atoms with Crippen molar-refractivity contribution >= 4 is 22.7 Å². The maximum absolute atomic E-state index is 6.11. The summed E-state index contributed by atoms with van der Waals surface area (Å²) in [6.07, 6.45) is 2.79. The summed E-state index contributed by atoms with van der Waals surface area (Å²) in [6, 6.07) is 0. The number of rotatable bonds is 0. The maximum Gasteiger partial charge on any atom is 0.0884 e. The Bertz CT molecular complexity index is 465. The minimum atomic E-state index is 0.326. The third-order valence-corrected chi connectivity index (χ3v) is 5.01. The van der Waals surface area contributed by atoms with Crippen LogP contribution in [0.3, 0.4) is 0 Å². The SMILES string of the molecule is c1scc2c1CC1OC2Cc2cscc21. The lowest BCUT2D eigenvalue weighted by atomic mass is 9.86. The monoisotopic (exact) mass is 234 g/mol. The van der Waals surface area contributed by atoms with Crippen molar-refractivity contribution in [3.05, 3.63) is 43.8 Å². The predicted octanol–water partition coefficient (Wildman–Crippen LogP) is 3.72. The minimum absolute atomic E-state index is 0.326. The van der Waals surface area contributed by atoms with E-state index in [0.717, 1.165) is 12.8 Å². The summed E-state index contributed by atoms with van der Waals surface area (Å²) in [4.78, 5) is 0. The van der Waals surface area contributed by atoms with Crippen LogP contribution in [0, 0.1) is 0 Å². The molecule has 2 aliphatic heterocycles. The van der Waals surface area contributed by atoms with Gasteiger partial charge >= 0.3 is 0 Å². The molecule has 76 valence electrons. The molecule has 0 saturated heterocycles. The van der Waals surface area contributed by atoms with Gasteiger partial charge in [0.1, 0.15) is 0 Å². The Morgan fingerprint density at radius 3 is 1.93 bits per heavy atom. The maximum atomic E-state index is 6.11. The van der Waals surface area contributed by atoms with Crippen molar-refractivity contribution in [2.24, 2.45) is 0 Å². The quantitative estimate of drug-likeness (QED) is 0.675. The first-order valence-corrected chi connectivity index (χ1v) is 7.06. The van der Waals surface area contributed by atoms with Gasteiger partial charge in [-0.05, 0) is 43.8 Å². The van der Waals surface area contributed by atoms with Crippen molar-refractivity contribution in [2.45, 2.75) is 25.0 Å². The van der Waals surface area contributed by atoms with Crippen LogP contribution in [-0.2, 0) is 17.6 Å². The van der Waals surface area contributed by atoms with Crippen molar-refractivity contribution in [3.8, 4) is 0 Å². The molecule has 4 rings (SSSR count). The van der Waals surface area contributed by atoms with Crippen LogP contribution < -0.4 is 0 Å². The molecular weight excluding hydrogens is 224 g/mol. The van der Waals surface area contributed by atoms with Gasteiger partial charge < -0.3 is 4.74 Å². The first-order valence-electron chi connectivity index (χ1n) is 5.17. The van der Waals surface area contributed by atoms with Gasteiger partial charge in [-0.1, -0.05) is 0 Å². The molecule has 0 spiro atoms. The van der Waals surface area contributed by atoms with Gasteiger partial charge in [0.2, 0.25) is 0 Å². The molecule has 15 heavy (non-hydrogen) atoms. The van der Waals surface area contributed by atoms with E-state index in [1.54, 1.807) is 0 Å². The van der Waals surface area contributed by atoms with Gasteiger partial charge in [-0.15, -0.1) is 0 Å². The summed E-state index contributed by atoms with van der Waals surface area (Å²) in [5.41, 5.74) is 5.90. The largest absolute Gasteiger partial charge is 0.365 e. The fourth-order valence-corrected chi connectivity index (χ4v) is 4.45. The molecule has 2 bridgehead atoms. The highest BCUT2D eigenvalue weighted by atomic mass is 32.1. The Balaban J connectivity index is 1.88. The molecule has 2 unspecified atom stereocenters. The number of hydrogen-bond donors (Lipinski definition) is 0. The van der Waals surface area contributed by atoms with E-state index in [1.807, 2.05) is 22.7 Å². The van der Waals surface area contributed by atoms with Crippen LogP contribution in [0.2, 0.25) is 0 Å². The molecule has 1 nitrogen and oxygen atoms in total. The molecule has 0 aliphatic carbocycles. The lowest BCUT2D eigenvalue weighted by Gasteiger charge is -2.35. The fraction of sp³-hybridized carbons (Fsp3) is 0.333. The molecule has 2 atom stereocenters. The standard InChI is InChI=1S/C12H10OS2/c1-7-3-14-5-9(7)12-2-8-4-15-6-10(8)11(1)13-12/h3-6,11-12H,1-2H2. The van der Waals surface area contributed by atoms with Crippen molar-refractivity contribution < 1.29 is 4.74 Å². The van der Waals surface area contributed by atoms with Crippen LogP contribution in [-0.4, -0.2) is 0 Å². The topological polar surface area (TPSA) is 9.23 Å². The first kappa shape index (κ1) is 8.50. The Kier molecular flexibility index (Phi) is 1.67. The van der Waals surface area contributed by atoms with Crippen molar-refractivity contribution in [3.63, 3.8) is 0 Å². The predicted molar refractivity (Wildman–Crippen MR) is 62.6 cm³/mol. The molecule has 0 amide bonds. The van der Waals surface area contributed by atoms with Crippen LogP contribution in [0.4, 0.5) is 0 Å². The van der Waals surface area contributed by atoms with Crippen LogP contribution in [0.5, 0.6) is 0 Å². The number of thiophene rings is 2. The molecule has 0 aromatic carbocycles. The van der Waals surface area contributed by atoms with Crippen LogP contribution >= 0.6 is 22.7 Å². The van der Waals surface area contributed by atoms with E-state index in [9.17, 15) is 0 Å². The molecule has 4 heterocycles. The lowest BCUT2D eigenvalue weighted by Crippen LogP contribution is -2.25. The minimum Gasteiger partial charge on any atom is -0.365 e. The van der Waals surface area contributed by atoms with E-state index in [-0.39, 0.29) is 0 Å². The van der Waals surface area contributed by atoms with E-state index >= 15 is 0 Å². The third-order valence-electron chi connectivity index (χ3n) is 3.39. The summed E-state index contributed by atoms with van der Waals surface area (Å²) < 4.78 is 6.11. The average Bonchev–Trinajstić information content (AvgIpc) is 2.84. The summed E-state index contributed by atoms with van der Waals surface area (Å²) in [5, 5.41) is 9.09. The molecule has 0 saturated carbocycles. The highest BCUT2D eigenvalue weighted by Crippen LogP contribution is 2.46. The second kappa shape index (κ2) is 2.94. The van der Waals surface area contributed by atoms with E-state index in [1.165, 1.54) is 22.3 Å². The zero-order chi connectivity index (χ0) is 9.83. The summed E-state index contributed by atoms with van der Waals surface area (Å²) in [6.45, 7) is 0. The van der Waals surface area contributed by atoms with Crippen molar-refractivity contribution in [1.29, 1.82) is 0 Å². The Hall–Kier alpha value is -0.640. The molecule has 0 radical (unpaired) electrons. The van der Waals surface area contributed by atoms with Gasteiger partial charge in [0.25, 0.3) is 0 Å². The fourth-order valence-electron chi connectivity index (χ4n) is 2.62. The van der Waals surface area contributed by atoms with Gasteiger partial charge in [0, 0.05) is 12.8 Å². The first-order chi connectivity index (χ1) is 7.42. The molecular formula is C12H10OS2. The molecule has 2 aliphatic rings. The van der Waals surface area contributed by atoms with Crippen LogP contribution in [0.1, 0.15) is 34.5 Å². The Labute approximate surface area is 96.3 Å². The van der Waals surface area contributed by atoms with Gasteiger partial charge in [-0.25, -0.2) is 0 Å². The smallest absolute Gasteiger partial charge is 0.0884 e. The summed E-state index contributed by atoms with van der Waals surface area (Å²) >= 11 is 3.62. The van der Waals surface area contributed by atoms with E-state index in [4.69, 9.17) is 4.74 Å². The van der Waals surface area contributed by atoms with Crippen molar-refractivity contribution in [1.82, 2.24) is 0 Å². The zero-order valence-corrected chi connectivity index (χ0v) is 9.74. The van der Waals surface area contributed by atoms with E-state index in [2.05, 4.69) is 21.5 Å². The van der Waals surface area contributed by atoms with Crippen LogP contribution in [0.25, 0.3) is 0 Å². The Morgan fingerprint density at radius 1 is 0.867 bits per heavy atom. The van der Waals surface area contributed by atoms with Crippen LogP contribution in [0.15, 0.2) is 21.5 Å².